The Bertz CT molecular complexity index is 845. The van der Waals surface area contributed by atoms with Crippen molar-refractivity contribution in [2.45, 2.75) is 53.0 Å². The molecule has 0 unspecified atom stereocenters. The maximum Gasteiger partial charge on any atom is 4.00 e. The van der Waals surface area contributed by atoms with Crippen LogP contribution in [0.5, 0.6) is 0 Å². The van der Waals surface area contributed by atoms with E-state index in [0.29, 0.717) is 0 Å². The first kappa shape index (κ1) is 31.8. The molecule has 0 nitrogen and oxygen atoms in total. The van der Waals surface area contributed by atoms with Crippen LogP contribution in [0.1, 0.15) is 48.6 Å². The quantitative estimate of drug-likeness (QED) is 0.245. The Hall–Kier alpha value is -0.409. The molecule has 0 heterocycles. The van der Waals surface area contributed by atoms with Crippen molar-refractivity contribution in [3.8, 4) is 0 Å². The van der Waals surface area contributed by atoms with Crippen LogP contribution in [0.25, 0.3) is 0 Å². The Morgan fingerprint density at radius 2 is 1.10 bits per heavy atom. The van der Waals surface area contributed by atoms with Gasteiger partial charge in [-0.2, -0.15) is 27.8 Å². The summed E-state index contributed by atoms with van der Waals surface area (Å²) < 4.78 is 0. The molecule has 0 spiro atoms. The average molecular weight is 514 g/mol. The topological polar surface area (TPSA) is 0 Å². The van der Waals surface area contributed by atoms with Crippen LogP contribution < -0.4 is 47.6 Å². The van der Waals surface area contributed by atoms with Crippen molar-refractivity contribution < 1.29 is 58.9 Å². The van der Waals surface area contributed by atoms with Crippen LogP contribution in [0.2, 0.25) is 0 Å². The van der Waals surface area contributed by atoms with Gasteiger partial charge in [0.15, 0.2) is 0 Å². The Morgan fingerprint density at radius 1 is 0.700 bits per heavy atom. The fourth-order valence-corrected chi connectivity index (χ4v) is 7.53. The maximum absolute atomic E-state index is 2.36. The summed E-state index contributed by atoms with van der Waals surface area (Å²) in [6.07, 6.45) is 0. The van der Waals surface area contributed by atoms with Crippen LogP contribution in [-0.4, -0.2) is 8.80 Å². The normalized spacial score (nSPS) is 10.4. The molecular weight excluding hydrogens is 483 g/mol. The third-order valence-corrected chi connectivity index (χ3v) is 9.01. The van der Waals surface area contributed by atoms with E-state index in [-0.39, 0.29) is 64.4 Å². The Balaban J connectivity index is 0. The molecule has 30 heavy (non-hydrogen) atoms. The maximum atomic E-state index is 2.36. The summed E-state index contributed by atoms with van der Waals surface area (Å²) in [6.45, 7) is 14.0. The zero-order valence-corrected chi connectivity index (χ0v) is 23.7. The van der Waals surface area contributed by atoms with E-state index in [2.05, 4.69) is 102 Å². The van der Waals surface area contributed by atoms with Gasteiger partial charge < -0.3 is 37.2 Å². The first-order valence-corrected chi connectivity index (χ1v) is 11.6. The Morgan fingerprint density at radius 3 is 1.47 bits per heavy atom. The van der Waals surface area contributed by atoms with Gasteiger partial charge in [-0.3, -0.25) is 0 Å². The van der Waals surface area contributed by atoms with Gasteiger partial charge >= 0.3 is 21.7 Å². The molecule has 0 aliphatic heterocycles. The minimum absolute atomic E-state index is 0. The number of halogens is 3. The summed E-state index contributed by atoms with van der Waals surface area (Å²) in [7, 11) is -1.31. The molecule has 0 N–H and O–H groups in total. The summed E-state index contributed by atoms with van der Waals surface area (Å²) >= 11 is 0. The summed E-state index contributed by atoms with van der Waals surface area (Å²) in [5.41, 5.74) is 7.87. The molecule has 0 bridgehead atoms. The fourth-order valence-electron chi connectivity index (χ4n) is 4.38. The first-order chi connectivity index (χ1) is 12.3. The van der Waals surface area contributed by atoms with Crippen LogP contribution >= 0.6 is 0 Å². The van der Waals surface area contributed by atoms with E-state index in [0.717, 1.165) is 0 Å². The molecule has 0 radical (unpaired) electrons. The second-order valence-electron chi connectivity index (χ2n) is 8.56. The van der Waals surface area contributed by atoms with E-state index in [1.165, 1.54) is 33.1 Å². The van der Waals surface area contributed by atoms with Gasteiger partial charge in [-0.1, -0.05) is 119 Å². The summed E-state index contributed by atoms with van der Waals surface area (Å²) in [4.78, 5) is 0. The molecule has 3 rings (SSSR count). The van der Waals surface area contributed by atoms with Crippen LogP contribution in [0.3, 0.4) is 0 Å². The molecule has 0 aromatic heterocycles. The SMILES string of the molecule is Cc1c(C)c(C(C)(C)C)[c-](C[SiH](c2ccccc2)c2ccccc2)c1C.[Cl-].[Cl-].[Cl-].[Ti+4]. The van der Waals surface area contributed by atoms with E-state index in [1.54, 1.807) is 11.1 Å². The summed E-state index contributed by atoms with van der Waals surface area (Å²) in [6, 6.07) is 23.5. The van der Waals surface area contributed by atoms with Crippen LogP contribution in [-0.2, 0) is 33.2 Å². The van der Waals surface area contributed by atoms with Gasteiger partial charge in [0.05, 0.1) is 8.80 Å². The predicted molar refractivity (Wildman–Crippen MR) is 118 cm³/mol. The van der Waals surface area contributed by atoms with Crippen molar-refractivity contribution in [2.24, 2.45) is 0 Å². The molecule has 0 atom stereocenters. The van der Waals surface area contributed by atoms with E-state index >= 15 is 0 Å². The number of rotatable bonds is 4. The third kappa shape index (κ3) is 6.79. The van der Waals surface area contributed by atoms with Gasteiger partial charge in [-0.15, -0.1) is 0 Å². The van der Waals surface area contributed by atoms with Crippen LogP contribution in [0.4, 0.5) is 0 Å². The van der Waals surface area contributed by atoms with Gasteiger partial charge in [-0.25, -0.2) is 0 Å². The summed E-state index contributed by atoms with van der Waals surface area (Å²) in [5.74, 6) is 0. The molecule has 5 heteroatoms. The first-order valence-electron chi connectivity index (χ1n) is 9.66. The van der Waals surface area contributed by atoms with E-state index in [9.17, 15) is 0 Å². The molecular formula is C25H31Cl3SiTi. The monoisotopic (exact) mass is 512 g/mol. The van der Waals surface area contributed by atoms with Gasteiger partial charge in [0.25, 0.3) is 0 Å². The predicted octanol–water partition coefficient (Wildman–Crippen LogP) is -4.24. The van der Waals surface area contributed by atoms with Crippen LogP contribution in [0.15, 0.2) is 60.7 Å². The molecule has 160 valence electrons. The second-order valence-corrected chi connectivity index (χ2v) is 11.4. The van der Waals surface area contributed by atoms with Gasteiger partial charge in [0, 0.05) is 0 Å². The van der Waals surface area contributed by atoms with Crippen molar-refractivity contribution in [1.29, 1.82) is 0 Å². The average Bonchev–Trinajstić information content (AvgIpc) is 2.84. The Labute approximate surface area is 218 Å². The largest absolute Gasteiger partial charge is 4.00 e. The number of hydrogen-bond donors (Lipinski definition) is 0. The molecule has 3 aromatic rings. The van der Waals surface area contributed by atoms with Crippen molar-refractivity contribution in [3.05, 3.63) is 88.5 Å². The third-order valence-electron chi connectivity index (χ3n) is 5.82. The minimum Gasteiger partial charge on any atom is -1.00 e. The Kier molecular flexibility index (Phi) is 14.0. The van der Waals surface area contributed by atoms with Gasteiger partial charge in [-0.05, 0) is 5.41 Å². The molecule has 0 fully saturated rings. The number of benzene rings is 2. The van der Waals surface area contributed by atoms with E-state index in [1.807, 2.05) is 0 Å². The van der Waals surface area contributed by atoms with Gasteiger partial charge in [0.2, 0.25) is 0 Å². The zero-order valence-electron chi connectivity index (χ0n) is 18.7. The molecule has 3 aromatic carbocycles. The van der Waals surface area contributed by atoms with Crippen molar-refractivity contribution in [2.75, 3.05) is 0 Å². The minimum atomic E-state index is -1.31. The molecule has 0 aliphatic carbocycles. The van der Waals surface area contributed by atoms with Crippen molar-refractivity contribution in [3.63, 3.8) is 0 Å². The number of hydrogen-bond acceptors (Lipinski definition) is 0. The molecule has 0 amide bonds. The molecule has 0 saturated carbocycles. The fraction of sp³-hybridized carbons (Fsp3) is 0.320. The van der Waals surface area contributed by atoms with E-state index < -0.39 is 8.80 Å². The van der Waals surface area contributed by atoms with Crippen molar-refractivity contribution in [1.82, 2.24) is 0 Å². The second kappa shape index (κ2) is 13.2. The molecule has 0 aliphatic rings. The smallest absolute Gasteiger partial charge is 1.00 e. The van der Waals surface area contributed by atoms with Gasteiger partial charge in [0.1, 0.15) is 0 Å². The zero-order chi connectivity index (χ0) is 18.9. The van der Waals surface area contributed by atoms with Crippen LogP contribution in [0, 0.1) is 20.8 Å². The van der Waals surface area contributed by atoms with Crippen molar-refractivity contribution >= 4 is 19.2 Å². The standard InChI is InChI=1S/C25H31Si.3ClH.Ti/c1-18-19(2)23(24(20(18)3)25(4,5)6)17-26(21-13-9-7-10-14-21)22-15-11-8-12-16-22;;;;/h7-16,26H,17H2,1-6H3;3*1H;/q-1;;;;+4/p-3. The van der Waals surface area contributed by atoms with E-state index in [4.69, 9.17) is 0 Å². The molecule has 0 saturated heterocycles. The summed E-state index contributed by atoms with van der Waals surface area (Å²) in [5, 5.41) is 3.07.